The molecule has 2 N–H and O–H groups in total. The number of benzene rings is 2. The first-order chi connectivity index (χ1) is 17.0. The van der Waals surface area contributed by atoms with E-state index in [0.717, 1.165) is 48.8 Å². The highest BCUT2D eigenvalue weighted by molar-refractivity contribution is 7.99. The zero-order valence-corrected chi connectivity index (χ0v) is 21.2. The molecule has 3 unspecified atom stereocenters. The number of nitrogens with one attached hydrogen (secondary N) is 2. The predicted molar refractivity (Wildman–Crippen MR) is 138 cm³/mol. The van der Waals surface area contributed by atoms with Gasteiger partial charge in [0.2, 0.25) is 11.8 Å². The molecule has 184 valence electrons. The summed E-state index contributed by atoms with van der Waals surface area (Å²) in [6.45, 7) is 6.57. The Hall–Kier alpha value is -2.81. The molecule has 8 heteroatoms. The minimum atomic E-state index is -0.129. The first-order valence-electron chi connectivity index (χ1n) is 12.0. The van der Waals surface area contributed by atoms with Crippen molar-refractivity contribution in [2.75, 3.05) is 20.2 Å². The summed E-state index contributed by atoms with van der Waals surface area (Å²) in [4.78, 5) is 20.1. The lowest BCUT2D eigenvalue weighted by atomic mass is 9.89. The zero-order valence-electron chi connectivity index (χ0n) is 20.4. The van der Waals surface area contributed by atoms with E-state index in [4.69, 9.17) is 14.1 Å². The number of hydrogen-bond donors (Lipinski definition) is 2. The first-order valence-corrected chi connectivity index (χ1v) is 13.1. The van der Waals surface area contributed by atoms with Crippen LogP contribution >= 0.6 is 11.8 Å². The Bertz CT molecular complexity index is 1180. The molecule has 0 radical (unpaired) electrons. The molecule has 0 aliphatic carbocycles. The molecule has 2 aromatic carbocycles. The van der Waals surface area contributed by atoms with Gasteiger partial charge in [0.15, 0.2) is 0 Å². The number of aryl methyl sites for hydroxylation is 2. The van der Waals surface area contributed by atoms with Crippen molar-refractivity contribution in [3.8, 4) is 17.2 Å². The number of carbonyl (C=O) groups is 1. The molecule has 35 heavy (non-hydrogen) atoms. The number of methoxy groups -OCH3 is 1. The lowest BCUT2D eigenvalue weighted by molar-refractivity contribution is -0.130. The molecule has 2 saturated heterocycles. The lowest BCUT2D eigenvalue weighted by Crippen LogP contribution is -2.64. The van der Waals surface area contributed by atoms with Gasteiger partial charge in [0.05, 0.1) is 18.7 Å². The Morgan fingerprint density at radius 2 is 2.03 bits per heavy atom. The fourth-order valence-corrected chi connectivity index (χ4v) is 5.87. The molecule has 0 saturated carbocycles. The molecule has 7 nitrogen and oxygen atoms in total. The van der Waals surface area contributed by atoms with Gasteiger partial charge in [-0.3, -0.25) is 15.0 Å². The van der Waals surface area contributed by atoms with Crippen LogP contribution in [0.25, 0.3) is 11.5 Å². The van der Waals surface area contributed by atoms with Gasteiger partial charge in [-0.2, -0.15) is 0 Å². The second-order valence-corrected chi connectivity index (χ2v) is 10.4. The van der Waals surface area contributed by atoms with E-state index >= 15 is 0 Å². The predicted octanol–water partition coefficient (Wildman–Crippen LogP) is 4.09. The van der Waals surface area contributed by atoms with Crippen molar-refractivity contribution in [3.63, 3.8) is 0 Å². The largest absolute Gasteiger partial charge is 0.497 e. The highest BCUT2D eigenvalue weighted by Gasteiger charge is 2.40. The highest BCUT2D eigenvalue weighted by Crippen LogP contribution is 2.29. The number of thioether (sulfide) groups is 1. The number of likely N-dealkylation sites (tertiary alicyclic amines) is 1. The monoisotopic (exact) mass is 492 g/mol. The smallest absolute Gasteiger partial charge is 0.227 e. The van der Waals surface area contributed by atoms with Crippen LogP contribution in [0.2, 0.25) is 0 Å². The van der Waals surface area contributed by atoms with E-state index in [1.54, 1.807) is 18.9 Å². The topological polar surface area (TPSA) is 79.6 Å². The second kappa shape index (κ2) is 10.4. The van der Waals surface area contributed by atoms with Crippen molar-refractivity contribution in [3.05, 3.63) is 71.1 Å². The SMILES string of the molecule is COc1ccc(CN2CCC3NC(SCc4nc(-c5cccc(C)c5)oc4C)NC(=O)C3C2)cc1. The van der Waals surface area contributed by atoms with Crippen molar-refractivity contribution in [2.45, 2.75) is 44.1 Å². The van der Waals surface area contributed by atoms with Crippen LogP contribution in [-0.2, 0) is 17.1 Å². The molecule has 1 aromatic heterocycles. The van der Waals surface area contributed by atoms with Crippen molar-refractivity contribution in [2.24, 2.45) is 5.92 Å². The Morgan fingerprint density at radius 3 is 2.80 bits per heavy atom. The summed E-state index contributed by atoms with van der Waals surface area (Å²) in [7, 11) is 1.68. The zero-order chi connectivity index (χ0) is 24.4. The summed E-state index contributed by atoms with van der Waals surface area (Å²) < 4.78 is 11.2. The van der Waals surface area contributed by atoms with E-state index in [2.05, 4.69) is 46.7 Å². The standard InChI is InChI=1S/C27H32N4O3S/c1-17-5-4-6-20(13-17)26-28-24(18(2)34-26)16-35-27-29-23-11-12-31(15-22(23)25(32)30-27)14-19-7-9-21(33-3)10-8-19/h4-10,13,22-23,27,29H,11-12,14-16H2,1-3H3,(H,30,32). The average Bonchev–Trinajstić information content (AvgIpc) is 3.24. The van der Waals surface area contributed by atoms with E-state index in [-0.39, 0.29) is 23.4 Å². The van der Waals surface area contributed by atoms with Gasteiger partial charge >= 0.3 is 0 Å². The number of aromatic nitrogens is 1. The van der Waals surface area contributed by atoms with E-state index in [1.807, 2.05) is 31.2 Å². The second-order valence-electron chi connectivity index (χ2n) is 9.34. The summed E-state index contributed by atoms with van der Waals surface area (Å²) in [6.07, 6.45) is 0.950. The van der Waals surface area contributed by atoms with Crippen molar-refractivity contribution >= 4 is 17.7 Å². The quantitative estimate of drug-likeness (QED) is 0.514. The number of hydrogen-bond acceptors (Lipinski definition) is 7. The Morgan fingerprint density at radius 1 is 1.20 bits per heavy atom. The van der Waals surface area contributed by atoms with Crippen molar-refractivity contribution in [1.82, 2.24) is 20.5 Å². The molecule has 2 fully saturated rings. The van der Waals surface area contributed by atoms with Crippen LogP contribution < -0.4 is 15.4 Å². The number of nitrogens with zero attached hydrogens (tertiary/aromatic N) is 2. The van der Waals surface area contributed by atoms with Crippen molar-refractivity contribution in [1.29, 1.82) is 0 Å². The molecule has 3 aromatic rings. The third kappa shape index (κ3) is 5.55. The Balaban J connectivity index is 1.15. The fourth-order valence-electron chi connectivity index (χ4n) is 4.81. The number of piperidine rings is 1. The maximum absolute atomic E-state index is 13.0. The van der Waals surface area contributed by atoms with Crippen LogP contribution in [0, 0.1) is 19.8 Å². The van der Waals surface area contributed by atoms with Gasteiger partial charge < -0.3 is 14.5 Å². The van der Waals surface area contributed by atoms with Crippen LogP contribution in [0.4, 0.5) is 0 Å². The molecule has 2 aliphatic heterocycles. The number of oxazole rings is 1. The molecule has 0 spiro atoms. The normalized spacial score (nSPS) is 22.5. The van der Waals surface area contributed by atoms with Crippen LogP contribution in [0.15, 0.2) is 52.9 Å². The number of rotatable bonds is 7. The van der Waals surface area contributed by atoms with Crippen LogP contribution in [-0.4, -0.2) is 47.5 Å². The van der Waals surface area contributed by atoms with Gasteiger partial charge in [0.1, 0.15) is 17.0 Å². The Kier molecular flexibility index (Phi) is 7.13. The third-order valence-corrected chi connectivity index (χ3v) is 7.81. The molecular weight excluding hydrogens is 460 g/mol. The van der Waals surface area contributed by atoms with E-state index in [9.17, 15) is 4.79 Å². The molecule has 2 aliphatic rings. The molecule has 5 rings (SSSR count). The highest BCUT2D eigenvalue weighted by atomic mass is 32.2. The first kappa shape index (κ1) is 23.9. The molecule has 0 bridgehead atoms. The van der Waals surface area contributed by atoms with Gasteiger partial charge in [-0.1, -0.05) is 29.8 Å². The number of amides is 1. The van der Waals surface area contributed by atoms with Crippen LogP contribution in [0.1, 0.15) is 29.0 Å². The minimum Gasteiger partial charge on any atom is -0.497 e. The summed E-state index contributed by atoms with van der Waals surface area (Å²) in [5, 5.41) is 6.81. The summed E-state index contributed by atoms with van der Waals surface area (Å²) in [5.41, 5.74) is 4.18. The van der Waals surface area contributed by atoms with Gasteiger partial charge in [-0.15, -0.1) is 11.8 Å². The van der Waals surface area contributed by atoms with Crippen LogP contribution in [0.3, 0.4) is 0 Å². The van der Waals surface area contributed by atoms with E-state index < -0.39 is 0 Å². The van der Waals surface area contributed by atoms with Crippen molar-refractivity contribution < 1.29 is 13.9 Å². The summed E-state index contributed by atoms with van der Waals surface area (Å²) in [6, 6.07) is 16.5. The lowest BCUT2D eigenvalue weighted by Gasteiger charge is -2.43. The summed E-state index contributed by atoms with van der Waals surface area (Å²) in [5.74, 6) is 3.08. The average molecular weight is 493 g/mol. The third-order valence-electron chi connectivity index (χ3n) is 6.78. The fraction of sp³-hybridized carbons (Fsp3) is 0.407. The molecular formula is C27H32N4O3S. The summed E-state index contributed by atoms with van der Waals surface area (Å²) >= 11 is 1.65. The van der Waals surface area contributed by atoms with Crippen LogP contribution in [0.5, 0.6) is 5.75 Å². The van der Waals surface area contributed by atoms with Gasteiger partial charge in [-0.25, -0.2) is 4.98 Å². The minimum absolute atomic E-state index is 0.0412. The van der Waals surface area contributed by atoms with E-state index in [0.29, 0.717) is 11.6 Å². The number of carbonyl (C=O) groups excluding carboxylic acids is 1. The number of fused-ring (bicyclic) bond motifs is 1. The Labute approximate surface area is 210 Å². The van der Waals surface area contributed by atoms with Gasteiger partial charge in [0.25, 0.3) is 0 Å². The molecule has 3 heterocycles. The molecule has 3 atom stereocenters. The van der Waals surface area contributed by atoms with Gasteiger partial charge in [-0.05, 0) is 50.1 Å². The molecule has 1 amide bonds. The number of ether oxygens (including phenoxy) is 1. The maximum atomic E-state index is 13.0. The van der Waals surface area contributed by atoms with Gasteiger partial charge in [0, 0.05) is 37.0 Å². The maximum Gasteiger partial charge on any atom is 0.227 e. The van der Waals surface area contributed by atoms with E-state index in [1.165, 1.54) is 11.1 Å².